The van der Waals surface area contributed by atoms with Crippen LogP contribution in [0.25, 0.3) is 21.8 Å². The summed E-state index contributed by atoms with van der Waals surface area (Å²) in [6.07, 6.45) is 0.138. The van der Waals surface area contributed by atoms with Gasteiger partial charge in [0, 0.05) is 79.0 Å². The summed E-state index contributed by atoms with van der Waals surface area (Å²) in [4.78, 5) is 163. The summed E-state index contributed by atoms with van der Waals surface area (Å²) in [5, 5.41) is 12.6. The molecule has 88 heavy (non-hydrogen) atoms. The third-order valence-corrected chi connectivity index (χ3v) is 15.8. The highest BCUT2D eigenvalue weighted by molar-refractivity contribution is 6.01. The molecule has 0 spiro atoms. The average molecular weight is 1200 g/mol. The molecule has 10 amide bonds. The number of para-hydroxylation sites is 2. The molecule has 22 nitrogen and oxygen atoms in total. The minimum atomic E-state index is -1.53. The van der Waals surface area contributed by atoms with E-state index in [0.29, 0.717) is 22.2 Å². The maximum Gasteiger partial charge on any atom is 0.270 e. The molecule has 0 saturated carbocycles. The molecule has 1 saturated heterocycles. The Labute approximate surface area is 513 Å². The standard InChI is InChI=1S/C66H80N12O10/c1-41(2)33-55-65(87)73(5)39-57(79)75(7)53(35-43-21-13-11-14-22-43)62(84)68-38-52(72-60(82)50-32-30-46-26-18-20-28-48(46)70-50)64(86)78(10)56(34-42(3)4)66(88)74(6)40-58(80)76(8)54(36-44-23-15-12-16-24-44)61(83)67-37-51(63(85)77(55)9)71-59(81)49-31-29-45-25-17-19-27-47(45)69-49/h11-32,41-42,51-56H,33-40H2,1-10H3,(H,67,83)(H,68,84)(H,71,81)(H,72,82)/t51-,52-,53-,54-,55-,56-/m0/s1. The largest absolute Gasteiger partial charge is 0.352 e. The second-order valence-electron chi connectivity index (χ2n) is 23.3. The van der Waals surface area contributed by atoms with E-state index in [9.17, 15) is 38.4 Å². The molecule has 4 N–H and O–H groups in total. The molecule has 4 aromatic carbocycles. The number of hydrogen-bond acceptors (Lipinski definition) is 12. The van der Waals surface area contributed by atoms with Crippen LogP contribution in [0.15, 0.2) is 133 Å². The number of fused-ring (bicyclic) bond motifs is 2. The van der Waals surface area contributed by atoms with Crippen LogP contribution in [0.2, 0.25) is 0 Å². The van der Waals surface area contributed by atoms with Gasteiger partial charge in [0.25, 0.3) is 11.8 Å². The molecule has 0 radical (unpaired) electrons. The highest BCUT2D eigenvalue weighted by atomic mass is 16.2. The van der Waals surface area contributed by atoms with Gasteiger partial charge in [-0.2, -0.15) is 0 Å². The van der Waals surface area contributed by atoms with Crippen LogP contribution in [0, 0.1) is 11.8 Å². The summed E-state index contributed by atoms with van der Waals surface area (Å²) in [5.41, 5.74) is 2.27. The van der Waals surface area contributed by atoms with E-state index in [4.69, 9.17) is 0 Å². The van der Waals surface area contributed by atoms with Gasteiger partial charge in [-0.15, -0.1) is 0 Å². The maximum absolute atomic E-state index is 15.1. The predicted molar refractivity (Wildman–Crippen MR) is 333 cm³/mol. The summed E-state index contributed by atoms with van der Waals surface area (Å²) in [6, 6.07) is 30.4. The van der Waals surface area contributed by atoms with Crippen LogP contribution in [0.5, 0.6) is 0 Å². The fourth-order valence-electron chi connectivity index (χ4n) is 10.6. The van der Waals surface area contributed by atoms with Gasteiger partial charge in [-0.1, -0.05) is 137 Å². The fraction of sp³-hybridized carbons (Fsp3) is 0.394. The molecule has 0 bridgehead atoms. The molecular formula is C66H80N12O10. The lowest BCUT2D eigenvalue weighted by Crippen LogP contribution is -2.60. The Morgan fingerprint density at radius 2 is 0.784 bits per heavy atom. The van der Waals surface area contributed by atoms with E-state index in [1.807, 2.05) is 52.0 Å². The van der Waals surface area contributed by atoms with E-state index < -0.39 is 122 Å². The molecular weight excluding hydrogens is 1120 g/mol. The maximum atomic E-state index is 15.1. The van der Waals surface area contributed by atoms with Crippen LogP contribution in [0.4, 0.5) is 0 Å². The number of carbonyl (C=O) groups is 10. The third kappa shape index (κ3) is 16.9. The van der Waals surface area contributed by atoms with Gasteiger partial charge < -0.3 is 50.7 Å². The fourth-order valence-corrected chi connectivity index (χ4v) is 10.6. The molecule has 6 atom stereocenters. The lowest BCUT2D eigenvalue weighted by Gasteiger charge is -2.36. The van der Waals surface area contributed by atoms with Gasteiger partial charge in [0.15, 0.2) is 0 Å². The lowest BCUT2D eigenvalue weighted by atomic mass is 10.00. The van der Waals surface area contributed by atoms with E-state index in [-0.39, 0.29) is 48.9 Å². The molecule has 3 heterocycles. The van der Waals surface area contributed by atoms with Crippen molar-refractivity contribution in [2.45, 2.75) is 89.6 Å². The minimum Gasteiger partial charge on any atom is -0.352 e. The van der Waals surface area contributed by atoms with Crippen molar-refractivity contribution in [3.63, 3.8) is 0 Å². The van der Waals surface area contributed by atoms with Gasteiger partial charge in [0.05, 0.1) is 24.1 Å². The van der Waals surface area contributed by atoms with Gasteiger partial charge in [0.1, 0.15) is 47.6 Å². The van der Waals surface area contributed by atoms with E-state index in [1.165, 1.54) is 74.0 Å². The quantitative estimate of drug-likeness (QED) is 0.137. The molecule has 2 aromatic heterocycles. The first-order chi connectivity index (χ1) is 41.9. The van der Waals surface area contributed by atoms with Crippen molar-refractivity contribution >= 4 is 80.9 Å². The molecule has 1 aliphatic rings. The summed E-state index contributed by atoms with van der Waals surface area (Å²) >= 11 is 0. The first kappa shape index (κ1) is 65.9. The molecule has 464 valence electrons. The number of carbonyl (C=O) groups excluding carboxylic acids is 10. The smallest absolute Gasteiger partial charge is 0.270 e. The number of nitrogens with zero attached hydrogens (tertiary/aromatic N) is 8. The Morgan fingerprint density at radius 1 is 0.443 bits per heavy atom. The van der Waals surface area contributed by atoms with Crippen molar-refractivity contribution in [2.24, 2.45) is 11.8 Å². The Balaban J connectivity index is 1.29. The van der Waals surface area contributed by atoms with Gasteiger partial charge in [0.2, 0.25) is 47.3 Å². The zero-order valence-electron chi connectivity index (χ0n) is 51.6. The number of benzene rings is 4. The van der Waals surface area contributed by atoms with Crippen LogP contribution in [-0.4, -0.2) is 203 Å². The van der Waals surface area contributed by atoms with Crippen molar-refractivity contribution in [2.75, 3.05) is 68.5 Å². The normalized spacial score (nSPS) is 20.7. The average Bonchev–Trinajstić information content (AvgIpc) is 3.71. The van der Waals surface area contributed by atoms with Crippen molar-refractivity contribution in [1.82, 2.24) is 60.6 Å². The van der Waals surface area contributed by atoms with E-state index in [0.717, 1.165) is 20.6 Å². The third-order valence-electron chi connectivity index (χ3n) is 15.8. The van der Waals surface area contributed by atoms with Crippen molar-refractivity contribution in [1.29, 1.82) is 0 Å². The number of aromatic nitrogens is 2. The van der Waals surface area contributed by atoms with Gasteiger partial charge in [-0.05, 0) is 60.1 Å². The Kier molecular flexibility index (Phi) is 22.6. The van der Waals surface area contributed by atoms with Gasteiger partial charge >= 0.3 is 0 Å². The molecule has 7 rings (SSSR count). The van der Waals surface area contributed by atoms with Crippen LogP contribution >= 0.6 is 0 Å². The summed E-state index contributed by atoms with van der Waals surface area (Å²) < 4.78 is 0. The molecule has 1 aliphatic heterocycles. The first-order valence-corrected chi connectivity index (χ1v) is 29.4. The van der Waals surface area contributed by atoms with E-state index >= 15 is 9.59 Å². The predicted octanol–water partition coefficient (Wildman–Crippen LogP) is 3.73. The van der Waals surface area contributed by atoms with Crippen LogP contribution in [0.3, 0.4) is 0 Å². The minimum absolute atomic E-state index is 0.0255. The summed E-state index contributed by atoms with van der Waals surface area (Å²) in [7, 11) is 8.39. The van der Waals surface area contributed by atoms with Crippen LogP contribution in [-0.2, 0) is 51.2 Å². The monoisotopic (exact) mass is 1200 g/mol. The van der Waals surface area contributed by atoms with Crippen molar-refractivity contribution in [3.8, 4) is 0 Å². The Morgan fingerprint density at radius 3 is 1.14 bits per heavy atom. The number of hydrogen-bond donors (Lipinski definition) is 4. The summed E-state index contributed by atoms with van der Waals surface area (Å²) in [5.74, 6) is -7.56. The van der Waals surface area contributed by atoms with Crippen molar-refractivity contribution in [3.05, 3.63) is 156 Å². The zero-order chi connectivity index (χ0) is 63.9. The first-order valence-electron chi connectivity index (χ1n) is 29.4. The Hall–Kier alpha value is -9.60. The van der Waals surface area contributed by atoms with Crippen LogP contribution < -0.4 is 21.3 Å². The number of nitrogens with one attached hydrogen (secondary N) is 4. The molecule has 0 unspecified atom stereocenters. The number of amides is 10. The SMILES string of the molecule is CC(C)C[C@H]1C(=O)N(C)CC(=O)N(C)[C@@H](Cc2ccccc2)C(=O)NC[C@H](NC(=O)c2ccc3ccccc3n2)C(=O)N(C)[C@@H](CC(C)C)C(=O)N(C)CC(=O)N(C)[C@@H](Cc2ccccc2)C(=O)NC[C@H](NC(=O)c2ccc3ccccc3n2)C(=O)N1C. The number of pyridine rings is 2. The second kappa shape index (κ2) is 30.2. The molecule has 22 heteroatoms. The van der Waals surface area contributed by atoms with Gasteiger partial charge in [-0.25, -0.2) is 9.97 Å². The number of likely N-dealkylation sites (N-methyl/N-ethyl adjacent to an activating group) is 6. The lowest BCUT2D eigenvalue weighted by molar-refractivity contribution is -0.149. The van der Waals surface area contributed by atoms with Crippen molar-refractivity contribution < 1.29 is 47.9 Å². The van der Waals surface area contributed by atoms with Gasteiger partial charge in [-0.3, -0.25) is 47.9 Å². The zero-order valence-corrected chi connectivity index (χ0v) is 51.6. The molecule has 0 aliphatic carbocycles. The second-order valence-corrected chi connectivity index (χ2v) is 23.3. The topological polar surface area (TPSA) is 264 Å². The number of rotatable bonds is 12. The molecule has 6 aromatic rings. The molecule has 1 fully saturated rings. The Bertz CT molecular complexity index is 3280. The van der Waals surface area contributed by atoms with E-state index in [2.05, 4.69) is 31.2 Å². The highest BCUT2D eigenvalue weighted by Crippen LogP contribution is 2.20. The van der Waals surface area contributed by atoms with Crippen LogP contribution in [0.1, 0.15) is 72.6 Å². The highest BCUT2D eigenvalue weighted by Gasteiger charge is 2.40. The van der Waals surface area contributed by atoms with E-state index in [1.54, 1.807) is 97.1 Å². The summed E-state index contributed by atoms with van der Waals surface area (Å²) in [6.45, 7) is 5.21.